The van der Waals surface area contributed by atoms with Crippen LogP contribution in [0.2, 0.25) is 0 Å². The number of aromatic nitrogens is 1. The molecule has 1 saturated carbocycles. The Morgan fingerprint density at radius 2 is 2.22 bits per heavy atom. The molecule has 1 aliphatic rings. The second kappa shape index (κ2) is 5.83. The molecule has 0 atom stereocenters. The minimum atomic E-state index is -0.0961. The summed E-state index contributed by atoms with van der Waals surface area (Å²) in [6, 6.07) is 5.41. The first-order chi connectivity index (χ1) is 8.65. The van der Waals surface area contributed by atoms with Gasteiger partial charge >= 0.3 is 0 Å². The zero-order valence-electron chi connectivity index (χ0n) is 10.7. The Bertz CT molecular complexity index is 400. The van der Waals surface area contributed by atoms with Crippen LogP contribution in [0.4, 0.5) is 0 Å². The van der Waals surface area contributed by atoms with E-state index in [2.05, 4.69) is 33.2 Å². The topological polar surface area (TPSA) is 42.0 Å². The third-order valence-electron chi connectivity index (χ3n) is 3.76. The van der Waals surface area contributed by atoms with E-state index in [1.54, 1.807) is 12.3 Å². The lowest BCUT2D eigenvalue weighted by atomic mass is 9.78. The Hall–Kier alpha value is -0.900. The van der Waals surface area contributed by atoms with Crippen LogP contribution in [0.25, 0.3) is 0 Å². The van der Waals surface area contributed by atoms with Crippen molar-refractivity contribution in [2.45, 2.75) is 38.1 Å². The van der Waals surface area contributed by atoms with Crippen molar-refractivity contribution in [3.05, 3.63) is 30.1 Å². The third kappa shape index (κ3) is 3.10. The van der Waals surface area contributed by atoms with Gasteiger partial charge in [-0.25, -0.2) is 0 Å². The van der Waals surface area contributed by atoms with E-state index in [4.69, 9.17) is 0 Å². The Labute approximate surface area is 117 Å². The molecule has 18 heavy (non-hydrogen) atoms. The molecular formula is C14H19BrN2O. The van der Waals surface area contributed by atoms with Gasteiger partial charge in [0.15, 0.2) is 0 Å². The zero-order chi connectivity index (χ0) is 13.0. The van der Waals surface area contributed by atoms with Crippen LogP contribution in [0.15, 0.2) is 24.4 Å². The van der Waals surface area contributed by atoms with E-state index in [0.717, 1.165) is 24.1 Å². The van der Waals surface area contributed by atoms with Gasteiger partial charge < -0.3 is 5.32 Å². The van der Waals surface area contributed by atoms with Crippen LogP contribution >= 0.6 is 15.9 Å². The van der Waals surface area contributed by atoms with Crippen LogP contribution in [0.5, 0.6) is 0 Å². The second-order valence-corrected chi connectivity index (χ2v) is 5.83. The average Bonchev–Trinajstić information content (AvgIpc) is 2.43. The summed E-state index contributed by atoms with van der Waals surface area (Å²) in [4.78, 5) is 16.3. The molecule has 0 aliphatic heterocycles. The smallest absolute Gasteiger partial charge is 0.270 e. The zero-order valence-corrected chi connectivity index (χ0v) is 12.2. The van der Waals surface area contributed by atoms with Crippen molar-refractivity contribution < 1.29 is 4.79 Å². The molecule has 0 radical (unpaired) electrons. The maximum atomic E-state index is 12.2. The van der Waals surface area contributed by atoms with Gasteiger partial charge in [-0.3, -0.25) is 9.78 Å². The number of rotatable bonds is 3. The van der Waals surface area contributed by atoms with Crippen molar-refractivity contribution in [1.29, 1.82) is 0 Å². The number of hydrogen-bond donors (Lipinski definition) is 1. The maximum Gasteiger partial charge on any atom is 0.270 e. The first kappa shape index (κ1) is 13.5. The van der Waals surface area contributed by atoms with E-state index in [9.17, 15) is 4.79 Å². The molecule has 0 unspecified atom stereocenters. The van der Waals surface area contributed by atoms with E-state index in [-0.39, 0.29) is 11.4 Å². The highest BCUT2D eigenvalue weighted by molar-refractivity contribution is 9.09. The number of carbonyl (C=O) groups is 1. The van der Waals surface area contributed by atoms with Crippen LogP contribution in [0.3, 0.4) is 0 Å². The summed E-state index contributed by atoms with van der Waals surface area (Å²) in [7, 11) is 0. The average molecular weight is 311 g/mol. The normalized spacial score (nSPS) is 27.8. The van der Waals surface area contributed by atoms with Crippen LogP contribution in [0.1, 0.15) is 43.1 Å². The van der Waals surface area contributed by atoms with Gasteiger partial charge in [-0.1, -0.05) is 28.9 Å². The largest absolute Gasteiger partial charge is 0.344 e. The van der Waals surface area contributed by atoms with Crippen molar-refractivity contribution in [1.82, 2.24) is 10.3 Å². The van der Waals surface area contributed by atoms with Crippen molar-refractivity contribution in [3.8, 4) is 0 Å². The highest BCUT2D eigenvalue weighted by Gasteiger charge is 2.34. The van der Waals surface area contributed by atoms with E-state index in [1.807, 2.05) is 12.1 Å². The van der Waals surface area contributed by atoms with Crippen LogP contribution in [-0.4, -0.2) is 21.8 Å². The summed E-state index contributed by atoms with van der Waals surface area (Å²) >= 11 is 3.55. The van der Waals surface area contributed by atoms with Crippen molar-refractivity contribution >= 4 is 21.8 Å². The number of halogens is 1. The van der Waals surface area contributed by atoms with Crippen LogP contribution in [-0.2, 0) is 0 Å². The highest BCUT2D eigenvalue weighted by Crippen LogP contribution is 2.33. The molecule has 1 aromatic rings. The first-order valence-electron chi connectivity index (χ1n) is 6.45. The molecule has 1 fully saturated rings. The number of pyridine rings is 1. The van der Waals surface area contributed by atoms with Gasteiger partial charge in [-0.2, -0.15) is 0 Å². The van der Waals surface area contributed by atoms with Gasteiger partial charge in [0.05, 0.1) is 5.54 Å². The Balaban J connectivity index is 2.05. The molecule has 0 bridgehead atoms. The lowest BCUT2D eigenvalue weighted by Crippen LogP contribution is -2.52. The fraction of sp³-hybridized carbons (Fsp3) is 0.571. The molecule has 1 amide bonds. The van der Waals surface area contributed by atoms with Crippen molar-refractivity contribution in [2.24, 2.45) is 5.92 Å². The summed E-state index contributed by atoms with van der Waals surface area (Å²) in [5, 5.41) is 3.98. The van der Waals surface area contributed by atoms with Gasteiger partial charge in [-0.15, -0.1) is 0 Å². The molecule has 0 saturated heterocycles. The summed E-state index contributed by atoms with van der Waals surface area (Å²) in [6.07, 6.45) is 6.08. The number of nitrogens with one attached hydrogen (secondary N) is 1. The molecule has 3 nitrogen and oxygen atoms in total. The van der Waals surface area contributed by atoms with Gasteiger partial charge in [0, 0.05) is 11.5 Å². The number of alkyl halides is 1. The second-order valence-electron chi connectivity index (χ2n) is 5.27. The van der Waals surface area contributed by atoms with E-state index >= 15 is 0 Å². The fourth-order valence-electron chi connectivity index (χ4n) is 2.41. The minimum absolute atomic E-state index is 0.0652. The standard InChI is InChI=1S/C14H19BrN2O/c1-11-5-7-14(10-15,8-6-11)17-13(18)12-4-2-3-9-16-12/h2-4,9,11H,5-8,10H2,1H3,(H,17,18). The van der Waals surface area contributed by atoms with E-state index in [1.165, 1.54) is 12.8 Å². The molecule has 1 aromatic heterocycles. The lowest BCUT2D eigenvalue weighted by molar-refractivity contribution is 0.0869. The molecule has 1 heterocycles. The number of hydrogen-bond acceptors (Lipinski definition) is 2. The predicted octanol–water partition coefficient (Wildman–Crippen LogP) is 3.16. The molecule has 1 aliphatic carbocycles. The Morgan fingerprint density at radius 1 is 1.50 bits per heavy atom. The van der Waals surface area contributed by atoms with Crippen molar-refractivity contribution in [2.75, 3.05) is 5.33 Å². The van der Waals surface area contributed by atoms with Crippen LogP contribution in [0, 0.1) is 5.92 Å². The monoisotopic (exact) mass is 310 g/mol. The van der Waals surface area contributed by atoms with Crippen molar-refractivity contribution in [3.63, 3.8) is 0 Å². The number of nitrogens with zero attached hydrogens (tertiary/aromatic N) is 1. The summed E-state index contributed by atoms with van der Waals surface area (Å²) in [5.74, 6) is 0.702. The summed E-state index contributed by atoms with van der Waals surface area (Å²) < 4.78 is 0. The molecule has 0 aromatic carbocycles. The highest BCUT2D eigenvalue weighted by atomic mass is 79.9. The van der Waals surface area contributed by atoms with E-state index in [0.29, 0.717) is 5.69 Å². The summed E-state index contributed by atoms with van der Waals surface area (Å²) in [5.41, 5.74) is 0.401. The molecule has 1 N–H and O–H groups in total. The molecule has 98 valence electrons. The van der Waals surface area contributed by atoms with Gasteiger partial charge in [-0.05, 0) is 43.7 Å². The Morgan fingerprint density at radius 3 is 2.78 bits per heavy atom. The summed E-state index contributed by atoms with van der Waals surface area (Å²) in [6.45, 7) is 2.28. The number of carbonyl (C=O) groups excluding carboxylic acids is 1. The van der Waals surface area contributed by atoms with Gasteiger partial charge in [0.1, 0.15) is 5.69 Å². The molecule has 4 heteroatoms. The molecule has 0 spiro atoms. The fourth-order valence-corrected chi connectivity index (χ4v) is 3.11. The minimum Gasteiger partial charge on any atom is -0.344 e. The quantitative estimate of drug-likeness (QED) is 0.871. The van der Waals surface area contributed by atoms with Gasteiger partial charge in [0.25, 0.3) is 5.91 Å². The number of amides is 1. The predicted molar refractivity (Wildman–Crippen MR) is 75.9 cm³/mol. The third-order valence-corrected chi connectivity index (χ3v) is 4.84. The van der Waals surface area contributed by atoms with E-state index < -0.39 is 0 Å². The molecule has 2 rings (SSSR count). The van der Waals surface area contributed by atoms with Crippen LogP contribution < -0.4 is 5.32 Å². The molecular weight excluding hydrogens is 292 g/mol. The first-order valence-corrected chi connectivity index (χ1v) is 7.57. The van der Waals surface area contributed by atoms with Gasteiger partial charge in [0.2, 0.25) is 0 Å². The Kier molecular flexibility index (Phi) is 4.38. The lowest BCUT2D eigenvalue weighted by Gasteiger charge is -2.38. The SMILES string of the molecule is CC1CCC(CBr)(NC(=O)c2ccccn2)CC1. The maximum absolute atomic E-state index is 12.2.